The van der Waals surface area contributed by atoms with Crippen LogP contribution in [0.2, 0.25) is 0 Å². The van der Waals surface area contributed by atoms with Gasteiger partial charge in [0.15, 0.2) is 0 Å². The first-order valence-electron chi connectivity index (χ1n) is 9.37. The summed E-state index contributed by atoms with van der Waals surface area (Å²) in [6.45, 7) is 6.98. The molecule has 4 rings (SSSR count). The monoisotopic (exact) mass is 382 g/mol. The highest BCUT2D eigenvalue weighted by Crippen LogP contribution is 2.19. The van der Waals surface area contributed by atoms with Crippen molar-refractivity contribution in [3.05, 3.63) is 69.4 Å². The van der Waals surface area contributed by atoms with Gasteiger partial charge < -0.3 is 15.0 Å². The fourth-order valence-corrected chi connectivity index (χ4v) is 3.47. The molecule has 28 heavy (non-hydrogen) atoms. The van der Waals surface area contributed by atoms with Crippen LogP contribution in [0.1, 0.15) is 16.7 Å². The second kappa shape index (κ2) is 7.59. The molecule has 1 N–H and O–H groups in total. The molecule has 146 valence electrons. The number of morpholine rings is 1. The normalized spacial score (nSPS) is 14.5. The molecule has 0 radical (unpaired) electrons. The number of ether oxygens (including phenoxy) is 1. The van der Waals surface area contributed by atoms with E-state index >= 15 is 0 Å². The molecule has 6 nitrogen and oxygen atoms in total. The SMILES string of the molecule is Cc1cc(F)ccc1NCc1ccn2c(=O)c(C)c(N3CCOCC3)nc2c1. The number of halogens is 1. The van der Waals surface area contributed by atoms with Gasteiger partial charge in [-0.1, -0.05) is 0 Å². The van der Waals surface area contributed by atoms with Crippen molar-refractivity contribution in [2.45, 2.75) is 20.4 Å². The van der Waals surface area contributed by atoms with E-state index in [0.717, 1.165) is 35.7 Å². The molecule has 1 aromatic carbocycles. The average molecular weight is 382 g/mol. The number of fused-ring (bicyclic) bond motifs is 1. The number of nitrogens with zero attached hydrogens (tertiary/aromatic N) is 3. The van der Waals surface area contributed by atoms with Crippen molar-refractivity contribution in [1.82, 2.24) is 9.38 Å². The Bertz CT molecular complexity index is 1070. The fourth-order valence-electron chi connectivity index (χ4n) is 3.47. The Morgan fingerprint density at radius 1 is 1.18 bits per heavy atom. The Balaban J connectivity index is 1.63. The van der Waals surface area contributed by atoms with Crippen molar-refractivity contribution in [1.29, 1.82) is 0 Å². The topological polar surface area (TPSA) is 58.9 Å². The standard InChI is InChI=1S/C21H23FN4O2/c1-14-11-17(22)3-4-18(14)23-13-16-5-6-26-19(12-16)24-20(15(2)21(26)27)25-7-9-28-10-8-25/h3-6,11-12,23H,7-10,13H2,1-2H3. The lowest BCUT2D eigenvalue weighted by Gasteiger charge is -2.29. The number of nitrogens with one attached hydrogen (secondary N) is 1. The maximum atomic E-state index is 13.3. The summed E-state index contributed by atoms with van der Waals surface area (Å²) in [6, 6.07) is 8.48. The lowest BCUT2D eigenvalue weighted by molar-refractivity contribution is 0.122. The summed E-state index contributed by atoms with van der Waals surface area (Å²) in [6.07, 6.45) is 1.76. The van der Waals surface area contributed by atoms with E-state index in [4.69, 9.17) is 9.72 Å². The minimum absolute atomic E-state index is 0.0552. The van der Waals surface area contributed by atoms with Crippen LogP contribution in [0, 0.1) is 19.7 Å². The number of benzene rings is 1. The summed E-state index contributed by atoms with van der Waals surface area (Å²) in [5, 5.41) is 3.32. The smallest absolute Gasteiger partial charge is 0.262 e. The molecule has 0 saturated carbocycles. The van der Waals surface area contributed by atoms with E-state index in [1.165, 1.54) is 12.1 Å². The van der Waals surface area contributed by atoms with Gasteiger partial charge in [0.1, 0.15) is 17.3 Å². The maximum Gasteiger partial charge on any atom is 0.262 e. The number of aromatic nitrogens is 2. The number of anilines is 2. The van der Waals surface area contributed by atoms with Crippen LogP contribution in [0.15, 0.2) is 41.3 Å². The summed E-state index contributed by atoms with van der Waals surface area (Å²) in [5.41, 5.74) is 3.93. The fraction of sp³-hybridized carbons (Fsp3) is 0.333. The zero-order valence-electron chi connectivity index (χ0n) is 16.0. The molecular weight excluding hydrogens is 359 g/mol. The summed E-state index contributed by atoms with van der Waals surface area (Å²) in [7, 11) is 0. The van der Waals surface area contributed by atoms with Crippen LogP contribution >= 0.6 is 0 Å². The first-order valence-corrected chi connectivity index (χ1v) is 9.37. The number of hydrogen-bond donors (Lipinski definition) is 1. The van der Waals surface area contributed by atoms with Crippen LogP contribution in [0.3, 0.4) is 0 Å². The first-order chi connectivity index (χ1) is 13.5. The zero-order valence-corrected chi connectivity index (χ0v) is 16.0. The molecule has 3 heterocycles. The third kappa shape index (κ3) is 3.57. The molecule has 2 aromatic heterocycles. The Kier molecular flexibility index (Phi) is 5.00. The Morgan fingerprint density at radius 3 is 2.71 bits per heavy atom. The quantitative estimate of drug-likeness (QED) is 0.752. The highest BCUT2D eigenvalue weighted by Gasteiger charge is 2.18. The van der Waals surface area contributed by atoms with E-state index < -0.39 is 0 Å². The molecule has 0 unspecified atom stereocenters. The summed E-state index contributed by atoms with van der Waals surface area (Å²) >= 11 is 0. The largest absolute Gasteiger partial charge is 0.381 e. The molecule has 0 atom stereocenters. The zero-order chi connectivity index (χ0) is 19.7. The summed E-state index contributed by atoms with van der Waals surface area (Å²) < 4.78 is 20.2. The van der Waals surface area contributed by atoms with Crippen molar-refractivity contribution in [3.8, 4) is 0 Å². The molecule has 1 saturated heterocycles. The van der Waals surface area contributed by atoms with Crippen LogP contribution in [-0.4, -0.2) is 35.7 Å². The van der Waals surface area contributed by atoms with Crippen molar-refractivity contribution in [3.63, 3.8) is 0 Å². The molecule has 0 aliphatic carbocycles. The predicted octanol–water partition coefficient (Wildman–Crippen LogP) is 2.90. The molecule has 1 aliphatic rings. The molecule has 7 heteroatoms. The molecule has 0 amide bonds. The van der Waals surface area contributed by atoms with Gasteiger partial charge in [-0.05, 0) is 55.3 Å². The van der Waals surface area contributed by atoms with Crippen molar-refractivity contribution >= 4 is 17.2 Å². The molecule has 0 spiro atoms. The van der Waals surface area contributed by atoms with E-state index in [1.807, 2.05) is 26.0 Å². The first kappa shape index (κ1) is 18.4. The van der Waals surface area contributed by atoms with E-state index in [9.17, 15) is 9.18 Å². The second-order valence-corrected chi connectivity index (χ2v) is 7.04. The van der Waals surface area contributed by atoms with E-state index in [1.54, 1.807) is 16.7 Å². The van der Waals surface area contributed by atoms with Crippen LogP contribution < -0.4 is 15.8 Å². The summed E-state index contributed by atoms with van der Waals surface area (Å²) in [4.78, 5) is 19.6. The minimum atomic E-state index is -0.247. The molecular formula is C21H23FN4O2. The number of pyridine rings is 1. The van der Waals surface area contributed by atoms with Gasteiger partial charge in [-0.3, -0.25) is 9.20 Å². The van der Waals surface area contributed by atoms with Gasteiger partial charge in [0.05, 0.1) is 18.8 Å². The Morgan fingerprint density at radius 2 is 1.96 bits per heavy atom. The average Bonchev–Trinajstić information content (AvgIpc) is 2.70. The van der Waals surface area contributed by atoms with Crippen LogP contribution in [0.5, 0.6) is 0 Å². The highest BCUT2D eigenvalue weighted by atomic mass is 19.1. The Hall–Kier alpha value is -2.93. The molecule has 0 bridgehead atoms. The van der Waals surface area contributed by atoms with Gasteiger partial charge in [-0.15, -0.1) is 0 Å². The number of aryl methyl sites for hydroxylation is 1. The van der Waals surface area contributed by atoms with Crippen molar-refractivity contribution in [2.75, 3.05) is 36.5 Å². The maximum absolute atomic E-state index is 13.3. The number of rotatable bonds is 4. The highest BCUT2D eigenvalue weighted by molar-refractivity contribution is 5.55. The van der Waals surface area contributed by atoms with E-state index in [0.29, 0.717) is 31.0 Å². The van der Waals surface area contributed by atoms with Gasteiger partial charge in [0.2, 0.25) is 0 Å². The van der Waals surface area contributed by atoms with Gasteiger partial charge >= 0.3 is 0 Å². The van der Waals surface area contributed by atoms with Gasteiger partial charge in [-0.25, -0.2) is 9.37 Å². The summed E-state index contributed by atoms with van der Waals surface area (Å²) in [5.74, 6) is 0.483. The third-order valence-corrected chi connectivity index (χ3v) is 5.08. The van der Waals surface area contributed by atoms with E-state index in [-0.39, 0.29) is 11.4 Å². The van der Waals surface area contributed by atoms with Crippen LogP contribution in [0.4, 0.5) is 15.9 Å². The molecule has 1 aliphatic heterocycles. The van der Waals surface area contributed by atoms with Crippen molar-refractivity contribution < 1.29 is 9.13 Å². The Labute approximate surface area is 162 Å². The lowest BCUT2D eigenvalue weighted by atomic mass is 10.2. The van der Waals surface area contributed by atoms with Crippen LogP contribution in [0.25, 0.3) is 5.65 Å². The predicted molar refractivity (Wildman–Crippen MR) is 108 cm³/mol. The van der Waals surface area contributed by atoms with Gasteiger partial charge in [-0.2, -0.15) is 0 Å². The lowest BCUT2D eigenvalue weighted by Crippen LogP contribution is -2.38. The van der Waals surface area contributed by atoms with Gasteiger partial charge in [0, 0.05) is 31.5 Å². The van der Waals surface area contributed by atoms with Gasteiger partial charge in [0.25, 0.3) is 5.56 Å². The van der Waals surface area contributed by atoms with Crippen LogP contribution in [-0.2, 0) is 11.3 Å². The second-order valence-electron chi connectivity index (χ2n) is 7.04. The third-order valence-electron chi connectivity index (χ3n) is 5.08. The van der Waals surface area contributed by atoms with E-state index in [2.05, 4.69) is 10.2 Å². The number of hydrogen-bond acceptors (Lipinski definition) is 5. The molecule has 1 fully saturated rings. The van der Waals surface area contributed by atoms with Crippen molar-refractivity contribution in [2.24, 2.45) is 0 Å². The molecule has 3 aromatic rings. The minimum Gasteiger partial charge on any atom is -0.381 e.